The lowest BCUT2D eigenvalue weighted by molar-refractivity contribution is 0.0935. The van der Waals surface area contributed by atoms with Crippen LogP contribution in [0.15, 0.2) is 55.1 Å². The standard InChI is InChI=1S/C19H17FN6O/c1-2-15(16-11-26-8-4-7-21-19(26)24-16)23-18(27)14-10-22-25-17(14)12-5-3-6-13(20)9-12/h3-11,15H,2H2,1H3,(H,22,25)(H,23,27)/t15-/m0/s1. The molecule has 8 heteroatoms. The van der Waals surface area contributed by atoms with Crippen LogP contribution in [0.2, 0.25) is 0 Å². The van der Waals surface area contributed by atoms with Crippen LogP contribution < -0.4 is 5.32 Å². The summed E-state index contributed by atoms with van der Waals surface area (Å²) in [4.78, 5) is 21.5. The number of imidazole rings is 1. The van der Waals surface area contributed by atoms with Gasteiger partial charge in [-0.15, -0.1) is 0 Å². The van der Waals surface area contributed by atoms with E-state index in [9.17, 15) is 9.18 Å². The number of carbonyl (C=O) groups excluding carboxylic acids is 1. The Hall–Kier alpha value is -3.55. The molecule has 4 rings (SSSR count). The number of hydrogen-bond acceptors (Lipinski definition) is 4. The van der Waals surface area contributed by atoms with Crippen LogP contribution in [-0.2, 0) is 0 Å². The largest absolute Gasteiger partial charge is 0.343 e. The maximum atomic E-state index is 13.5. The summed E-state index contributed by atoms with van der Waals surface area (Å²) < 4.78 is 15.3. The van der Waals surface area contributed by atoms with Crippen molar-refractivity contribution in [2.45, 2.75) is 19.4 Å². The molecule has 0 spiro atoms. The van der Waals surface area contributed by atoms with Crippen molar-refractivity contribution in [3.05, 3.63) is 72.2 Å². The molecule has 7 nitrogen and oxygen atoms in total. The molecule has 0 unspecified atom stereocenters. The highest BCUT2D eigenvalue weighted by atomic mass is 19.1. The van der Waals surface area contributed by atoms with Gasteiger partial charge in [0, 0.05) is 24.2 Å². The van der Waals surface area contributed by atoms with E-state index in [0.29, 0.717) is 29.0 Å². The molecule has 0 aliphatic heterocycles. The first-order chi connectivity index (χ1) is 13.2. The summed E-state index contributed by atoms with van der Waals surface area (Å²) in [5.74, 6) is -0.110. The molecule has 0 radical (unpaired) electrons. The Morgan fingerprint density at radius 3 is 3.04 bits per heavy atom. The van der Waals surface area contributed by atoms with Gasteiger partial charge < -0.3 is 5.32 Å². The van der Waals surface area contributed by atoms with Crippen LogP contribution in [0.3, 0.4) is 0 Å². The molecule has 1 amide bonds. The average Bonchev–Trinajstić information content (AvgIpc) is 3.32. The van der Waals surface area contributed by atoms with Crippen LogP contribution in [-0.4, -0.2) is 30.5 Å². The van der Waals surface area contributed by atoms with Gasteiger partial charge in [-0.05, 0) is 24.6 Å². The number of hydrogen-bond donors (Lipinski definition) is 2. The molecule has 2 N–H and O–H groups in total. The van der Waals surface area contributed by atoms with E-state index in [2.05, 4.69) is 25.5 Å². The molecule has 136 valence electrons. The zero-order valence-electron chi connectivity index (χ0n) is 14.6. The molecule has 1 aromatic carbocycles. The van der Waals surface area contributed by atoms with Crippen LogP contribution in [0.4, 0.5) is 4.39 Å². The van der Waals surface area contributed by atoms with E-state index >= 15 is 0 Å². The molecule has 1 atom stereocenters. The van der Waals surface area contributed by atoms with E-state index in [1.165, 1.54) is 18.3 Å². The van der Waals surface area contributed by atoms with Gasteiger partial charge >= 0.3 is 0 Å². The SMILES string of the molecule is CC[C@H](NC(=O)c1cn[nH]c1-c1cccc(F)c1)c1cn2cccnc2n1. The number of aromatic amines is 1. The van der Waals surface area contributed by atoms with Gasteiger partial charge in [0.15, 0.2) is 0 Å². The number of benzene rings is 1. The van der Waals surface area contributed by atoms with Gasteiger partial charge in [-0.3, -0.25) is 14.3 Å². The Morgan fingerprint density at radius 2 is 2.26 bits per heavy atom. The van der Waals surface area contributed by atoms with Crippen LogP contribution in [0.25, 0.3) is 17.0 Å². The van der Waals surface area contributed by atoms with Crippen molar-refractivity contribution in [1.29, 1.82) is 0 Å². The number of amides is 1. The summed E-state index contributed by atoms with van der Waals surface area (Å²) in [5.41, 5.74) is 2.10. The monoisotopic (exact) mass is 364 g/mol. The first-order valence-corrected chi connectivity index (χ1v) is 8.55. The fourth-order valence-electron chi connectivity index (χ4n) is 2.96. The van der Waals surface area contributed by atoms with Gasteiger partial charge in [-0.25, -0.2) is 14.4 Å². The van der Waals surface area contributed by atoms with Crippen LogP contribution in [0.1, 0.15) is 35.4 Å². The van der Waals surface area contributed by atoms with Crippen molar-refractivity contribution in [2.75, 3.05) is 0 Å². The Kier molecular flexibility index (Phi) is 4.37. The molecule has 0 bridgehead atoms. The van der Waals surface area contributed by atoms with E-state index in [0.717, 1.165) is 5.69 Å². The number of nitrogens with one attached hydrogen (secondary N) is 2. The first kappa shape index (κ1) is 16.9. The lowest BCUT2D eigenvalue weighted by Gasteiger charge is -2.14. The third kappa shape index (κ3) is 3.29. The Balaban J connectivity index is 1.61. The minimum Gasteiger partial charge on any atom is -0.343 e. The van der Waals surface area contributed by atoms with Crippen molar-refractivity contribution in [1.82, 2.24) is 29.9 Å². The van der Waals surface area contributed by atoms with E-state index in [1.807, 2.05) is 25.4 Å². The highest BCUT2D eigenvalue weighted by Crippen LogP contribution is 2.23. The molecular weight excluding hydrogens is 347 g/mol. The summed E-state index contributed by atoms with van der Waals surface area (Å²) in [7, 11) is 0. The number of aromatic nitrogens is 5. The van der Waals surface area contributed by atoms with Gasteiger partial charge in [0.05, 0.1) is 29.2 Å². The Bertz CT molecular complexity index is 1070. The molecule has 0 aliphatic carbocycles. The molecule has 3 heterocycles. The molecule has 0 saturated heterocycles. The zero-order chi connectivity index (χ0) is 18.8. The van der Waals surface area contributed by atoms with Gasteiger partial charge in [0.1, 0.15) is 5.82 Å². The average molecular weight is 364 g/mol. The molecule has 3 aromatic heterocycles. The van der Waals surface area contributed by atoms with Crippen molar-refractivity contribution in [3.8, 4) is 11.3 Å². The Labute approximate surface area is 154 Å². The maximum absolute atomic E-state index is 13.5. The van der Waals surface area contributed by atoms with E-state index < -0.39 is 0 Å². The summed E-state index contributed by atoms with van der Waals surface area (Å²) in [5, 5.41) is 9.70. The van der Waals surface area contributed by atoms with Gasteiger partial charge in [0.2, 0.25) is 5.78 Å². The molecule has 0 saturated carbocycles. The second-order valence-corrected chi connectivity index (χ2v) is 6.10. The van der Waals surface area contributed by atoms with Crippen molar-refractivity contribution in [2.24, 2.45) is 0 Å². The van der Waals surface area contributed by atoms with E-state index in [1.54, 1.807) is 22.7 Å². The predicted octanol–water partition coefficient (Wildman–Crippen LogP) is 3.14. The molecule has 4 aromatic rings. The number of fused-ring (bicyclic) bond motifs is 1. The fraction of sp³-hybridized carbons (Fsp3) is 0.158. The normalized spacial score (nSPS) is 12.2. The highest BCUT2D eigenvalue weighted by molar-refractivity contribution is 5.99. The van der Waals surface area contributed by atoms with Crippen molar-refractivity contribution in [3.63, 3.8) is 0 Å². The summed E-state index contributed by atoms with van der Waals surface area (Å²) in [6, 6.07) is 7.55. The molecule has 0 fully saturated rings. The predicted molar refractivity (Wildman–Crippen MR) is 97.5 cm³/mol. The van der Waals surface area contributed by atoms with Crippen LogP contribution >= 0.6 is 0 Å². The van der Waals surface area contributed by atoms with Gasteiger partial charge in [0.25, 0.3) is 5.91 Å². The Morgan fingerprint density at radius 1 is 1.37 bits per heavy atom. The zero-order valence-corrected chi connectivity index (χ0v) is 14.6. The minimum atomic E-state index is -0.378. The number of rotatable bonds is 5. The summed E-state index contributed by atoms with van der Waals surface area (Å²) in [6.45, 7) is 1.96. The quantitative estimate of drug-likeness (QED) is 0.569. The van der Waals surface area contributed by atoms with E-state index in [4.69, 9.17) is 0 Å². The molecule has 27 heavy (non-hydrogen) atoms. The summed E-state index contributed by atoms with van der Waals surface area (Å²) >= 11 is 0. The van der Waals surface area contributed by atoms with Crippen LogP contribution in [0.5, 0.6) is 0 Å². The first-order valence-electron chi connectivity index (χ1n) is 8.55. The van der Waals surface area contributed by atoms with Gasteiger partial charge in [-0.1, -0.05) is 19.1 Å². The highest BCUT2D eigenvalue weighted by Gasteiger charge is 2.21. The topological polar surface area (TPSA) is 88.0 Å². The van der Waals surface area contributed by atoms with E-state index in [-0.39, 0.29) is 17.8 Å². The number of halogens is 1. The number of nitrogens with zero attached hydrogens (tertiary/aromatic N) is 4. The number of H-pyrrole nitrogens is 1. The smallest absolute Gasteiger partial charge is 0.255 e. The maximum Gasteiger partial charge on any atom is 0.255 e. The lowest BCUT2D eigenvalue weighted by Crippen LogP contribution is -2.28. The van der Waals surface area contributed by atoms with Gasteiger partial charge in [-0.2, -0.15) is 5.10 Å². The summed E-state index contributed by atoms with van der Waals surface area (Å²) in [6.07, 6.45) is 7.46. The lowest BCUT2D eigenvalue weighted by atomic mass is 10.1. The third-order valence-electron chi connectivity index (χ3n) is 4.32. The van der Waals surface area contributed by atoms with Crippen LogP contribution in [0, 0.1) is 5.82 Å². The number of carbonyl (C=O) groups is 1. The second kappa shape index (κ2) is 6.99. The fourth-order valence-corrected chi connectivity index (χ4v) is 2.96. The van der Waals surface area contributed by atoms with Crippen molar-refractivity contribution < 1.29 is 9.18 Å². The third-order valence-corrected chi connectivity index (χ3v) is 4.32. The van der Waals surface area contributed by atoms with Crippen molar-refractivity contribution >= 4 is 11.7 Å². The minimum absolute atomic E-state index is 0.283. The second-order valence-electron chi connectivity index (χ2n) is 6.10. The molecule has 0 aliphatic rings. The molecular formula is C19H17FN6O.